The summed E-state index contributed by atoms with van der Waals surface area (Å²) in [4.78, 5) is 2.46. The number of hydrogen-bond acceptors (Lipinski definition) is 3. The first-order chi connectivity index (χ1) is 7.04. The zero-order valence-corrected chi connectivity index (χ0v) is 10.6. The number of nitrogens with zero attached hydrogens (tertiary/aromatic N) is 1. The van der Waals surface area contributed by atoms with Crippen LogP contribution in [-0.2, 0) is 4.74 Å². The molecule has 0 saturated carbocycles. The minimum Gasteiger partial charge on any atom is -0.384 e. The van der Waals surface area contributed by atoms with E-state index in [0.717, 1.165) is 19.6 Å². The first-order valence-electron chi connectivity index (χ1n) is 5.95. The molecule has 1 unspecified atom stereocenters. The Morgan fingerprint density at radius 3 is 2.27 bits per heavy atom. The molecule has 1 aliphatic heterocycles. The van der Waals surface area contributed by atoms with E-state index in [1.807, 2.05) is 0 Å². The van der Waals surface area contributed by atoms with Gasteiger partial charge in [0.05, 0.1) is 6.61 Å². The molecule has 0 amide bonds. The third kappa shape index (κ3) is 2.92. The number of ether oxygens (including phenoxy) is 1. The van der Waals surface area contributed by atoms with Gasteiger partial charge in [-0.05, 0) is 52.1 Å². The molecule has 1 aliphatic rings. The van der Waals surface area contributed by atoms with Crippen LogP contribution in [0.2, 0.25) is 0 Å². The van der Waals surface area contributed by atoms with Crippen LogP contribution in [0.25, 0.3) is 0 Å². The van der Waals surface area contributed by atoms with Crippen LogP contribution in [0, 0.1) is 5.41 Å². The molecule has 1 heterocycles. The maximum absolute atomic E-state index is 5.73. The van der Waals surface area contributed by atoms with Gasteiger partial charge < -0.3 is 15.4 Å². The van der Waals surface area contributed by atoms with Crippen LogP contribution in [0.1, 0.15) is 33.1 Å². The van der Waals surface area contributed by atoms with E-state index in [0.29, 0.717) is 17.5 Å². The summed E-state index contributed by atoms with van der Waals surface area (Å²) in [6, 6.07) is 1.27. The molecular weight excluding hydrogens is 188 g/mol. The van der Waals surface area contributed by atoms with Crippen LogP contribution in [0.4, 0.5) is 0 Å². The highest BCUT2D eigenvalue weighted by Gasteiger charge is 2.39. The molecule has 3 heteroatoms. The topological polar surface area (TPSA) is 38.5 Å². The van der Waals surface area contributed by atoms with Crippen molar-refractivity contribution in [1.82, 2.24) is 4.90 Å². The molecule has 15 heavy (non-hydrogen) atoms. The highest BCUT2D eigenvalue weighted by molar-refractivity contribution is 4.92. The maximum atomic E-state index is 5.73. The van der Waals surface area contributed by atoms with E-state index in [9.17, 15) is 0 Å². The minimum atomic E-state index is 0.314. The van der Waals surface area contributed by atoms with Gasteiger partial charge in [-0.3, -0.25) is 0 Å². The van der Waals surface area contributed by atoms with E-state index in [4.69, 9.17) is 10.5 Å². The summed E-state index contributed by atoms with van der Waals surface area (Å²) >= 11 is 0. The molecule has 0 aromatic heterocycles. The first kappa shape index (κ1) is 12.9. The van der Waals surface area contributed by atoms with Gasteiger partial charge in [0.1, 0.15) is 0 Å². The molecule has 0 radical (unpaired) electrons. The van der Waals surface area contributed by atoms with Crippen molar-refractivity contribution < 1.29 is 4.74 Å². The molecule has 1 saturated heterocycles. The predicted molar refractivity (Wildman–Crippen MR) is 63.9 cm³/mol. The summed E-state index contributed by atoms with van der Waals surface area (Å²) in [6.07, 6.45) is 3.50. The van der Waals surface area contributed by atoms with Crippen molar-refractivity contribution in [3.05, 3.63) is 0 Å². The Morgan fingerprint density at radius 2 is 1.87 bits per heavy atom. The monoisotopic (exact) mass is 214 g/mol. The summed E-state index contributed by atoms with van der Waals surface area (Å²) in [6.45, 7) is 6.23. The lowest BCUT2D eigenvalue weighted by Crippen LogP contribution is -2.50. The maximum Gasteiger partial charge on any atom is 0.0520 e. The van der Waals surface area contributed by atoms with Crippen LogP contribution in [0.5, 0.6) is 0 Å². The smallest absolute Gasteiger partial charge is 0.0520 e. The molecule has 0 aromatic rings. The number of likely N-dealkylation sites (tertiary alicyclic amines) is 1. The Balaban J connectivity index is 2.71. The fraction of sp³-hybridized carbons (Fsp3) is 1.00. The van der Waals surface area contributed by atoms with Gasteiger partial charge in [-0.15, -0.1) is 0 Å². The van der Waals surface area contributed by atoms with Crippen molar-refractivity contribution in [3.8, 4) is 0 Å². The molecule has 1 fully saturated rings. The average molecular weight is 214 g/mol. The lowest BCUT2D eigenvalue weighted by atomic mass is 9.71. The minimum absolute atomic E-state index is 0.314. The van der Waals surface area contributed by atoms with E-state index in [2.05, 4.69) is 25.8 Å². The third-order valence-electron chi connectivity index (χ3n) is 3.97. The van der Waals surface area contributed by atoms with Gasteiger partial charge in [-0.1, -0.05) is 0 Å². The van der Waals surface area contributed by atoms with Crippen molar-refractivity contribution in [2.45, 2.75) is 45.2 Å². The van der Waals surface area contributed by atoms with E-state index >= 15 is 0 Å². The number of piperidine rings is 1. The Bertz CT molecular complexity index is 176. The van der Waals surface area contributed by atoms with Crippen molar-refractivity contribution in [2.24, 2.45) is 11.1 Å². The van der Waals surface area contributed by atoms with Crippen molar-refractivity contribution >= 4 is 0 Å². The SMILES string of the molecule is COCC1(CCN)C[C@@H](C)N(C)[C@@H](C)C1. The molecule has 90 valence electrons. The molecule has 2 N–H and O–H groups in total. The lowest BCUT2D eigenvalue weighted by molar-refractivity contribution is -0.0226. The average Bonchev–Trinajstić information content (AvgIpc) is 2.15. The van der Waals surface area contributed by atoms with Gasteiger partial charge in [0.15, 0.2) is 0 Å². The molecule has 0 spiro atoms. The molecule has 0 aromatic carbocycles. The van der Waals surface area contributed by atoms with Gasteiger partial charge in [0, 0.05) is 19.2 Å². The van der Waals surface area contributed by atoms with Crippen molar-refractivity contribution in [2.75, 3.05) is 27.3 Å². The Hall–Kier alpha value is -0.120. The molecule has 1 rings (SSSR count). The third-order valence-corrected chi connectivity index (χ3v) is 3.97. The zero-order valence-electron chi connectivity index (χ0n) is 10.6. The normalized spacial score (nSPS) is 38.2. The second-order valence-electron chi connectivity index (χ2n) is 5.24. The molecular formula is C12H26N2O. The van der Waals surface area contributed by atoms with Crippen LogP contribution in [0.15, 0.2) is 0 Å². The second kappa shape index (κ2) is 5.28. The van der Waals surface area contributed by atoms with Gasteiger partial charge >= 0.3 is 0 Å². The van der Waals surface area contributed by atoms with Crippen LogP contribution in [0.3, 0.4) is 0 Å². The Labute approximate surface area is 94.0 Å². The van der Waals surface area contributed by atoms with Gasteiger partial charge in [0.25, 0.3) is 0 Å². The number of rotatable bonds is 4. The standard InChI is InChI=1S/C12H26N2O/c1-10-7-12(5-6-13,9-15-4)8-11(2)14(10)3/h10-11H,5-9,13H2,1-4H3/t10-,11+,12?. The fourth-order valence-electron chi connectivity index (χ4n) is 3.07. The van der Waals surface area contributed by atoms with Crippen LogP contribution < -0.4 is 5.73 Å². The van der Waals surface area contributed by atoms with E-state index in [1.165, 1.54) is 12.8 Å². The summed E-state index contributed by atoms with van der Waals surface area (Å²) < 4.78 is 5.40. The number of hydrogen-bond donors (Lipinski definition) is 1. The fourth-order valence-corrected chi connectivity index (χ4v) is 3.07. The van der Waals surface area contributed by atoms with Gasteiger partial charge in [-0.2, -0.15) is 0 Å². The van der Waals surface area contributed by atoms with Gasteiger partial charge in [-0.25, -0.2) is 0 Å². The van der Waals surface area contributed by atoms with Crippen molar-refractivity contribution in [3.63, 3.8) is 0 Å². The van der Waals surface area contributed by atoms with E-state index in [1.54, 1.807) is 7.11 Å². The first-order valence-corrected chi connectivity index (χ1v) is 5.95. The number of nitrogens with two attached hydrogens (primary N) is 1. The van der Waals surface area contributed by atoms with Crippen LogP contribution >= 0.6 is 0 Å². The van der Waals surface area contributed by atoms with Gasteiger partial charge in [0.2, 0.25) is 0 Å². The molecule has 0 bridgehead atoms. The quantitative estimate of drug-likeness (QED) is 0.770. The highest BCUT2D eigenvalue weighted by atomic mass is 16.5. The zero-order chi connectivity index (χ0) is 11.5. The van der Waals surface area contributed by atoms with E-state index < -0.39 is 0 Å². The lowest BCUT2D eigenvalue weighted by Gasteiger charge is -2.48. The number of methoxy groups -OCH3 is 1. The summed E-state index contributed by atoms with van der Waals surface area (Å²) in [5.74, 6) is 0. The second-order valence-corrected chi connectivity index (χ2v) is 5.24. The highest BCUT2D eigenvalue weighted by Crippen LogP contribution is 2.40. The predicted octanol–water partition coefficient (Wildman–Crippen LogP) is 1.47. The van der Waals surface area contributed by atoms with E-state index in [-0.39, 0.29) is 0 Å². The summed E-state index contributed by atoms with van der Waals surface area (Å²) in [5.41, 5.74) is 6.05. The van der Waals surface area contributed by atoms with Crippen LogP contribution in [-0.4, -0.2) is 44.3 Å². The Kier molecular flexibility index (Phi) is 4.56. The van der Waals surface area contributed by atoms with Crippen molar-refractivity contribution in [1.29, 1.82) is 0 Å². The Morgan fingerprint density at radius 1 is 1.33 bits per heavy atom. The molecule has 0 aliphatic carbocycles. The summed E-state index contributed by atoms with van der Waals surface area (Å²) in [7, 11) is 4.01. The summed E-state index contributed by atoms with van der Waals surface area (Å²) in [5, 5.41) is 0. The largest absolute Gasteiger partial charge is 0.384 e. The molecule has 3 nitrogen and oxygen atoms in total. The molecule has 3 atom stereocenters.